The van der Waals surface area contributed by atoms with Gasteiger partial charge in [0.05, 0.1) is 7.11 Å². The number of ether oxygens (including phenoxy) is 3. The predicted molar refractivity (Wildman–Crippen MR) is 101 cm³/mol. The molecular weight excluding hydrogens is 372 g/mol. The van der Waals surface area contributed by atoms with Crippen LogP contribution in [0.2, 0.25) is 5.02 Å². The minimum absolute atomic E-state index is 0.293. The predicted octanol–water partition coefficient (Wildman–Crippen LogP) is 2.73. The smallest absolute Gasteiger partial charge is 0.281 e. The lowest BCUT2D eigenvalue weighted by molar-refractivity contribution is -0.138. The first-order valence-corrected chi connectivity index (χ1v) is 8.49. The molecule has 0 spiro atoms. The van der Waals surface area contributed by atoms with Crippen LogP contribution in [0.25, 0.3) is 0 Å². The second kappa shape index (κ2) is 9.14. The largest absolute Gasteiger partial charge is 0.493 e. The summed E-state index contributed by atoms with van der Waals surface area (Å²) in [4.78, 5) is 24.2. The van der Waals surface area contributed by atoms with E-state index in [0.717, 1.165) is 0 Å². The highest BCUT2D eigenvalue weighted by molar-refractivity contribution is 6.30. The first kappa shape index (κ1) is 20.4. The summed E-state index contributed by atoms with van der Waals surface area (Å²) in [5.41, 5.74) is 3.39. The molecule has 0 fully saturated rings. The van der Waals surface area contributed by atoms with Gasteiger partial charge in [-0.1, -0.05) is 23.7 Å². The maximum atomic E-state index is 12.3. The van der Waals surface area contributed by atoms with Gasteiger partial charge in [-0.25, -0.2) is 0 Å². The second-order valence-electron chi connectivity index (χ2n) is 6.01. The minimum Gasteiger partial charge on any atom is -0.493 e. The molecule has 0 aliphatic carbocycles. The topological polar surface area (TPSA) is 85.9 Å². The fraction of sp³-hybridized carbons (Fsp3) is 0.263. The molecule has 0 bridgehead atoms. The van der Waals surface area contributed by atoms with Crippen LogP contribution in [0.4, 0.5) is 0 Å². The Hall–Kier alpha value is -2.93. The third-order valence-electron chi connectivity index (χ3n) is 3.48. The van der Waals surface area contributed by atoms with Crippen LogP contribution in [-0.2, 0) is 9.59 Å². The molecule has 27 heavy (non-hydrogen) atoms. The van der Waals surface area contributed by atoms with Crippen molar-refractivity contribution in [2.75, 3.05) is 13.7 Å². The second-order valence-corrected chi connectivity index (χ2v) is 6.44. The van der Waals surface area contributed by atoms with Crippen LogP contribution in [0.1, 0.15) is 13.8 Å². The van der Waals surface area contributed by atoms with E-state index in [0.29, 0.717) is 22.3 Å². The molecule has 2 N–H and O–H groups in total. The van der Waals surface area contributed by atoms with Crippen molar-refractivity contribution in [3.05, 3.63) is 53.6 Å². The van der Waals surface area contributed by atoms with E-state index in [1.165, 1.54) is 7.11 Å². The molecule has 144 valence electrons. The van der Waals surface area contributed by atoms with E-state index >= 15 is 0 Å². The lowest BCUT2D eigenvalue weighted by atomic mass is 10.1. The van der Waals surface area contributed by atoms with E-state index in [2.05, 4.69) is 10.9 Å². The van der Waals surface area contributed by atoms with E-state index in [9.17, 15) is 9.59 Å². The fourth-order valence-electron chi connectivity index (χ4n) is 2.04. The molecule has 0 radical (unpaired) electrons. The van der Waals surface area contributed by atoms with Crippen molar-refractivity contribution in [2.24, 2.45) is 0 Å². The third-order valence-corrected chi connectivity index (χ3v) is 3.73. The van der Waals surface area contributed by atoms with Gasteiger partial charge in [0.1, 0.15) is 5.75 Å². The van der Waals surface area contributed by atoms with Gasteiger partial charge in [-0.3, -0.25) is 20.4 Å². The van der Waals surface area contributed by atoms with E-state index < -0.39 is 17.4 Å². The Bertz CT molecular complexity index is 793. The Kier molecular flexibility index (Phi) is 6.90. The quantitative estimate of drug-likeness (QED) is 0.707. The molecule has 0 aromatic heterocycles. The zero-order valence-electron chi connectivity index (χ0n) is 15.2. The van der Waals surface area contributed by atoms with Crippen molar-refractivity contribution in [3.8, 4) is 17.2 Å². The number of rotatable bonds is 7. The summed E-state index contributed by atoms with van der Waals surface area (Å²) in [5, 5.41) is 0.562. The molecular formula is C19H21ClN2O5. The first-order valence-electron chi connectivity index (χ1n) is 8.11. The van der Waals surface area contributed by atoms with Gasteiger partial charge in [0.25, 0.3) is 11.8 Å². The molecule has 0 saturated carbocycles. The maximum absolute atomic E-state index is 12.3. The van der Waals surface area contributed by atoms with Crippen molar-refractivity contribution in [3.63, 3.8) is 0 Å². The normalized spacial score (nSPS) is 10.7. The average molecular weight is 393 g/mol. The Morgan fingerprint density at radius 2 is 1.63 bits per heavy atom. The van der Waals surface area contributed by atoms with E-state index in [1.807, 2.05) is 0 Å². The number of nitrogens with one attached hydrogen (secondary N) is 2. The van der Waals surface area contributed by atoms with E-state index in [1.54, 1.807) is 62.4 Å². The Balaban J connectivity index is 1.82. The Morgan fingerprint density at radius 3 is 2.26 bits per heavy atom. The molecule has 0 aliphatic rings. The summed E-state index contributed by atoms with van der Waals surface area (Å²) >= 11 is 5.82. The lowest BCUT2D eigenvalue weighted by Gasteiger charge is -2.25. The van der Waals surface area contributed by atoms with Gasteiger partial charge in [0.2, 0.25) is 0 Å². The number of methoxy groups -OCH3 is 1. The highest BCUT2D eigenvalue weighted by Gasteiger charge is 2.30. The van der Waals surface area contributed by atoms with Crippen molar-refractivity contribution in [1.29, 1.82) is 0 Å². The number of halogens is 1. The van der Waals surface area contributed by atoms with Crippen LogP contribution in [-0.4, -0.2) is 31.1 Å². The van der Waals surface area contributed by atoms with Crippen LogP contribution in [0, 0.1) is 0 Å². The molecule has 2 rings (SSSR count). The van der Waals surface area contributed by atoms with E-state index in [-0.39, 0.29) is 6.61 Å². The van der Waals surface area contributed by atoms with Crippen molar-refractivity contribution in [2.45, 2.75) is 19.4 Å². The van der Waals surface area contributed by atoms with Crippen LogP contribution in [0.5, 0.6) is 17.2 Å². The van der Waals surface area contributed by atoms with Gasteiger partial charge >= 0.3 is 0 Å². The highest BCUT2D eigenvalue weighted by Crippen LogP contribution is 2.25. The van der Waals surface area contributed by atoms with Gasteiger partial charge < -0.3 is 14.2 Å². The molecule has 7 nitrogen and oxygen atoms in total. The number of benzene rings is 2. The van der Waals surface area contributed by atoms with Gasteiger partial charge in [0, 0.05) is 5.02 Å². The standard InChI is InChI=1S/C19H21ClN2O5/c1-19(2,27-14-10-8-13(20)9-11-14)18(24)22-21-17(23)12-26-16-7-5-4-6-15(16)25-3/h4-11H,12H2,1-3H3,(H,21,23)(H,22,24). The SMILES string of the molecule is COc1ccccc1OCC(=O)NNC(=O)C(C)(C)Oc1ccc(Cl)cc1. The highest BCUT2D eigenvalue weighted by atomic mass is 35.5. The van der Waals surface area contributed by atoms with Crippen molar-refractivity contribution in [1.82, 2.24) is 10.9 Å². The summed E-state index contributed by atoms with van der Waals surface area (Å²) in [6.45, 7) is 2.86. The van der Waals surface area contributed by atoms with Crippen LogP contribution in [0.3, 0.4) is 0 Å². The number of hydrogen-bond acceptors (Lipinski definition) is 5. The van der Waals surface area contributed by atoms with Crippen LogP contribution >= 0.6 is 11.6 Å². The molecule has 2 amide bonds. The van der Waals surface area contributed by atoms with Crippen molar-refractivity contribution < 1.29 is 23.8 Å². The van der Waals surface area contributed by atoms with E-state index in [4.69, 9.17) is 25.8 Å². The van der Waals surface area contributed by atoms with Gasteiger partial charge in [-0.15, -0.1) is 0 Å². The minimum atomic E-state index is -1.22. The zero-order chi connectivity index (χ0) is 19.9. The van der Waals surface area contributed by atoms with Gasteiger partial charge in [0.15, 0.2) is 23.7 Å². The number of carbonyl (C=O) groups excluding carboxylic acids is 2. The summed E-state index contributed by atoms with van der Waals surface area (Å²) in [5.74, 6) is 0.352. The summed E-state index contributed by atoms with van der Waals surface area (Å²) in [6.07, 6.45) is 0. The monoisotopic (exact) mass is 392 g/mol. The molecule has 8 heteroatoms. The number of hydrazine groups is 1. The molecule has 0 heterocycles. The molecule has 0 atom stereocenters. The van der Waals surface area contributed by atoms with Gasteiger partial charge in [-0.05, 0) is 50.2 Å². The molecule has 2 aromatic carbocycles. The Labute approximate surface area is 162 Å². The van der Waals surface area contributed by atoms with Crippen molar-refractivity contribution >= 4 is 23.4 Å². The van der Waals surface area contributed by atoms with Crippen LogP contribution < -0.4 is 25.1 Å². The number of para-hydroxylation sites is 2. The summed E-state index contributed by atoms with van der Waals surface area (Å²) in [6, 6.07) is 13.5. The summed E-state index contributed by atoms with van der Waals surface area (Å²) in [7, 11) is 1.51. The Morgan fingerprint density at radius 1 is 1.00 bits per heavy atom. The number of amides is 2. The fourth-order valence-corrected chi connectivity index (χ4v) is 2.16. The molecule has 0 aliphatic heterocycles. The molecule has 0 unspecified atom stereocenters. The lowest BCUT2D eigenvalue weighted by Crippen LogP contribution is -2.53. The summed E-state index contributed by atoms with van der Waals surface area (Å²) < 4.78 is 16.2. The molecule has 0 saturated heterocycles. The molecule has 2 aromatic rings. The zero-order valence-corrected chi connectivity index (χ0v) is 16.0. The number of hydrogen-bond donors (Lipinski definition) is 2. The average Bonchev–Trinajstić information content (AvgIpc) is 2.66. The number of carbonyl (C=O) groups is 2. The third kappa shape index (κ3) is 6.07. The van der Waals surface area contributed by atoms with Gasteiger partial charge in [-0.2, -0.15) is 0 Å². The maximum Gasteiger partial charge on any atom is 0.281 e. The first-order chi connectivity index (χ1) is 12.8. The van der Waals surface area contributed by atoms with Crippen LogP contribution in [0.15, 0.2) is 48.5 Å².